The van der Waals surface area contributed by atoms with Crippen LogP contribution in [0.15, 0.2) is 40.8 Å². The van der Waals surface area contributed by atoms with E-state index in [9.17, 15) is 4.79 Å². The minimum atomic E-state index is -0.207. The Morgan fingerprint density at radius 2 is 1.75 bits per heavy atom. The fourth-order valence-corrected chi connectivity index (χ4v) is 4.25. The van der Waals surface area contributed by atoms with Gasteiger partial charge in [-0.3, -0.25) is 9.69 Å². The molecule has 1 aromatic carbocycles. The molecule has 2 aliphatic heterocycles. The van der Waals surface area contributed by atoms with Crippen molar-refractivity contribution in [3.8, 4) is 11.5 Å². The topological polar surface area (TPSA) is 82.4 Å². The highest BCUT2D eigenvalue weighted by atomic mass is 16.5. The van der Waals surface area contributed by atoms with Crippen molar-refractivity contribution in [1.82, 2.24) is 10.2 Å². The van der Waals surface area contributed by atoms with Gasteiger partial charge in [-0.15, -0.1) is 0 Å². The van der Waals surface area contributed by atoms with E-state index in [0.29, 0.717) is 23.8 Å². The van der Waals surface area contributed by atoms with Crippen LogP contribution in [0, 0.1) is 5.41 Å². The lowest BCUT2D eigenvalue weighted by atomic mass is 9.79. The van der Waals surface area contributed by atoms with Crippen LogP contribution >= 0.6 is 0 Å². The maximum absolute atomic E-state index is 12.8. The number of para-hydroxylation sites is 2. The lowest BCUT2D eigenvalue weighted by molar-refractivity contribution is -0.0283. The number of rotatable bonds is 9. The fraction of sp³-hybridized carbons (Fsp3) is 0.542. The molecule has 1 amide bonds. The maximum atomic E-state index is 12.8. The molecule has 8 heteroatoms. The van der Waals surface area contributed by atoms with E-state index in [2.05, 4.69) is 10.2 Å². The standard InChI is InChI=1S/C24H32N2O6/c1-28-20-4-2-3-5-21(20)31-16-19-6-7-22(32-19)23(27)25-17-24(8-12-29-13-9-24)18-26-10-14-30-15-11-26/h2-7H,8-18H2,1H3,(H,25,27). The molecule has 174 valence electrons. The van der Waals surface area contributed by atoms with Crippen LogP contribution in [0.5, 0.6) is 11.5 Å². The number of morpholine rings is 1. The van der Waals surface area contributed by atoms with Gasteiger partial charge >= 0.3 is 0 Å². The zero-order valence-corrected chi connectivity index (χ0v) is 18.6. The third-order valence-corrected chi connectivity index (χ3v) is 6.16. The van der Waals surface area contributed by atoms with Crippen molar-refractivity contribution in [3.63, 3.8) is 0 Å². The number of furan rings is 1. The van der Waals surface area contributed by atoms with Crippen molar-refractivity contribution in [2.24, 2.45) is 5.41 Å². The van der Waals surface area contributed by atoms with Crippen molar-refractivity contribution in [2.75, 3.05) is 59.7 Å². The molecule has 0 spiro atoms. The molecule has 0 atom stereocenters. The molecular formula is C24H32N2O6. The van der Waals surface area contributed by atoms with Crippen LogP contribution in [0.2, 0.25) is 0 Å². The molecule has 1 aromatic heterocycles. The van der Waals surface area contributed by atoms with Gasteiger partial charge in [0.15, 0.2) is 17.3 Å². The monoisotopic (exact) mass is 444 g/mol. The highest BCUT2D eigenvalue weighted by Crippen LogP contribution is 2.31. The Hall–Kier alpha value is -2.55. The van der Waals surface area contributed by atoms with Crippen molar-refractivity contribution >= 4 is 5.91 Å². The summed E-state index contributed by atoms with van der Waals surface area (Å²) in [5, 5.41) is 3.10. The van der Waals surface area contributed by atoms with Gasteiger partial charge in [0.25, 0.3) is 5.91 Å². The summed E-state index contributed by atoms with van der Waals surface area (Å²) in [7, 11) is 1.60. The molecule has 8 nitrogen and oxygen atoms in total. The van der Waals surface area contributed by atoms with Crippen LogP contribution in [0.1, 0.15) is 29.2 Å². The van der Waals surface area contributed by atoms with Crippen LogP contribution in [-0.2, 0) is 16.1 Å². The average molecular weight is 445 g/mol. The van der Waals surface area contributed by atoms with Gasteiger partial charge in [-0.1, -0.05) is 12.1 Å². The molecule has 2 fully saturated rings. The van der Waals surface area contributed by atoms with E-state index >= 15 is 0 Å². The number of carbonyl (C=O) groups excluding carboxylic acids is 1. The number of amides is 1. The van der Waals surface area contributed by atoms with Gasteiger partial charge in [0.05, 0.1) is 20.3 Å². The second-order valence-electron chi connectivity index (χ2n) is 8.39. The second-order valence-corrected chi connectivity index (χ2v) is 8.39. The zero-order valence-electron chi connectivity index (χ0n) is 18.6. The van der Waals surface area contributed by atoms with Crippen LogP contribution < -0.4 is 14.8 Å². The summed E-state index contributed by atoms with van der Waals surface area (Å²) in [4.78, 5) is 15.2. The molecule has 0 radical (unpaired) electrons. The van der Waals surface area contributed by atoms with Crippen LogP contribution in [-0.4, -0.2) is 70.5 Å². The third kappa shape index (κ3) is 5.82. The van der Waals surface area contributed by atoms with E-state index in [4.69, 9.17) is 23.4 Å². The molecule has 0 saturated carbocycles. The highest BCUT2D eigenvalue weighted by Gasteiger charge is 2.35. The second kappa shape index (κ2) is 10.8. The predicted octanol–water partition coefficient (Wildman–Crippen LogP) is 2.73. The van der Waals surface area contributed by atoms with Crippen molar-refractivity contribution < 1.29 is 28.2 Å². The number of nitrogens with zero attached hydrogens (tertiary/aromatic N) is 1. The average Bonchev–Trinajstić information content (AvgIpc) is 3.32. The Labute approximate surface area is 188 Å². The first-order valence-corrected chi connectivity index (χ1v) is 11.2. The van der Waals surface area contributed by atoms with E-state index in [0.717, 1.165) is 58.9 Å². The van der Waals surface area contributed by atoms with E-state index in [1.165, 1.54) is 0 Å². The Morgan fingerprint density at radius 3 is 2.50 bits per heavy atom. The summed E-state index contributed by atoms with van der Waals surface area (Å²) in [5.74, 6) is 1.94. The summed E-state index contributed by atoms with van der Waals surface area (Å²) in [6, 6.07) is 10.9. The van der Waals surface area contributed by atoms with Gasteiger partial charge in [-0.25, -0.2) is 0 Å². The lowest BCUT2D eigenvalue weighted by Gasteiger charge is -2.42. The first kappa shape index (κ1) is 22.6. The van der Waals surface area contributed by atoms with Crippen LogP contribution in [0.25, 0.3) is 0 Å². The molecular weight excluding hydrogens is 412 g/mol. The number of benzene rings is 1. The van der Waals surface area contributed by atoms with E-state index in [-0.39, 0.29) is 23.7 Å². The number of nitrogens with one attached hydrogen (secondary N) is 1. The minimum absolute atomic E-state index is 0.00759. The summed E-state index contributed by atoms with van der Waals surface area (Å²) in [5.41, 5.74) is 0.00759. The Balaban J connectivity index is 1.32. The number of ether oxygens (including phenoxy) is 4. The largest absolute Gasteiger partial charge is 0.493 e. The number of carbonyl (C=O) groups is 1. The molecule has 0 aliphatic carbocycles. The predicted molar refractivity (Wildman–Crippen MR) is 118 cm³/mol. The molecule has 32 heavy (non-hydrogen) atoms. The Morgan fingerprint density at radius 1 is 1.03 bits per heavy atom. The quantitative estimate of drug-likeness (QED) is 0.637. The van der Waals surface area contributed by atoms with Crippen molar-refractivity contribution in [1.29, 1.82) is 0 Å². The zero-order chi connectivity index (χ0) is 22.2. The number of methoxy groups -OCH3 is 1. The first-order valence-electron chi connectivity index (χ1n) is 11.2. The highest BCUT2D eigenvalue weighted by molar-refractivity contribution is 5.91. The van der Waals surface area contributed by atoms with Gasteiger partial charge in [0, 0.05) is 44.8 Å². The third-order valence-electron chi connectivity index (χ3n) is 6.16. The molecule has 0 bridgehead atoms. The molecule has 4 rings (SSSR count). The SMILES string of the molecule is COc1ccccc1OCc1ccc(C(=O)NCC2(CN3CCOCC3)CCOCC2)o1. The number of hydrogen-bond donors (Lipinski definition) is 1. The van der Waals surface area contributed by atoms with Gasteiger partial charge in [-0.2, -0.15) is 0 Å². The molecule has 1 N–H and O–H groups in total. The molecule has 0 unspecified atom stereocenters. The maximum Gasteiger partial charge on any atom is 0.287 e. The summed E-state index contributed by atoms with van der Waals surface area (Å²) in [6.45, 7) is 6.61. The molecule has 3 heterocycles. The van der Waals surface area contributed by atoms with E-state index in [1.54, 1.807) is 19.2 Å². The van der Waals surface area contributed by atoms with Crippen LogP contribution in [0.3, 0.4) is 0 Å². The summed E-state index contributed by atoms with van der Waals surface area (Å²) < 4.78 is 27.9. The summed E-state index contributed by atoms with van der Waals surface area (Å²) >= 11 is 0. The van der Waals surface area contributed by atoms with Gasteiger partial charge < -0.3 is 28.7 Å². The van der Waals surface area contributed by atoms with Gasteiger partial charge in [0.2, 0.25) is 0 Å². The van der Waals surface area contributed by atoms with Crippen molar-refractivity contribution in [3.05, 3.63) is 47.9 Å². The van der Waals surface area contributed by atoms with Gasteiger partial charge in [-0.05, 0) is 37.1 Å². The fourth-order valence-electron chi connectivity index (χ4n) is 4.25. The minimum Gasteiger partial charge on any atom is -0.493 e. The molecule has 2 aromatic rings. The normalized spacial score (nSPS) is 18.8. The smallest absolute Gasteiger partial charge is 0.287 e. The summed E-state index contributed by atoms with van der Waals surface area (Å²) in [6.07, 6.45) is 1.86. The first-order chi connectivity index (χ1) is 15.7. The van der Waals surface area contributed by atoms with Crippen LogP contribution in [0.4, 0.5) is 0 Å². The van der Waals surface area contributed by atoms with E-state index in [1.807, 2.05) is 24.3 Å². The molecule has 2 aliphatic rings. The van der Waals surface area contributed by atoms with E-state index < -0.39 is 0 Å². The molecule has 2 saturated heterocycles. The number of hydrogen-bond acceptors (Lipinski definition) is 7. The Bertz CT molecular complexity index is 871. The Kier molecular flexibility index (Phi) is 7.68. The lowest BCUT2D eigenvalue weighted by Crippen LogP contribution is -2.50. The van der Waals surface area contributed by atoms with Gasteiger partial charge in [0.1, 0.15) is 12.4 Å². The van der Waals surface area contributed by atoms with Crippen molar-refractivity contribution in [2.45, 2.75) is 19.4 Å².